The summed E-state index contributed by atoms with van der Waals surface area (Å²) >= 11 is 0. The maximum atomic E-state index is 12.9. The number of hydrogen-bond donors (Lipinski definition) is 2. The van der Waals surface area contributed by atoms with E-state index in [1.807, 2.05) is 42.2 Å². The molecule has 3 rings (SSSR count). The normalized spacial score (nSPS) is 15.0. The summed E-state index contributed by atoms with van der Waals surface area (Å²) in [4.78, 5) is 27.5. The van der Waals surface area contributed by atoms with Gasteiger partial charge < -0.3 is 15.1 Å². The average Bonchev–Trinajstić information content (AvgIpc) is 2.69. The van der Waals surface area contributed by atoms with Gasteiger partial charge in [0.05, 0.1) is 26.2 Å². The van der Waals surface area contributed by atoms with Crippen molar-refractivity contribution in [1.82, 2.24) is 4.90 Å². The molecule has 1 fully saturated rings. The first-order valence-electron chi connectivity index (χ1n) is 9.43. The minimum absolute atomic E-state index is 0.00179. The van der Waals surface area contributed by atoms with Crippen LogP contribution in [0, 0.1) is 12.7 Å². The van der Waals surface area contributed by atoms with Gasteiger partial charge in [-0.1, -0.05) is 24.3 Å². The maximum absolute atomic E-state index is 12.9. The van der Waals surface area contributed by atoms with Crippen LogP contribution in [0.25, 0.3) is 6.08 Å². The third-order valence-corrected chi connectivity index (χ3v) is 4.91. The minimum atomic E-state index is -0.333. The highest BCUT2D eigenvalue weighted by atomic mass is 19.1. The van der Waals surface area contributed by atoms with E-state index >= 15 is 0 Å². The van der Waals surface area contributed by atoms with Crippen molar-refractivity contribution in [2.45, 2.75) is 6.92 Å². The molecule has 0 radical (unpaired) electrons. The van der Waals surface area contributed by atoms with Crippen LogP contribution in [0.1, 0.15) is 11.1 Å². The zero-order valence-electron chi connectivity index (χ0n) is 16.0. The smallest absolute Gasteiger partial charge is 0.279 e. The fourth-order valence-electron chi connectivity index (χ4n) is 3.23. The van der Waals surface area contributed by atoms with Crippen LogP contribution in [-0.2, 0) is 9.59 Å². The molecule has 1 heterocycles. The van der Waals surface area contributed by atoms with Crippen molar-refractivity contribution in [2.24, 2.45) is 0 Å². The highest BCUT2D eigenvalue weighted by Crippen LogP contribution is 2.09. The Labute approximate surface area is 164 Å². The van der Waals surface area contributed by atoms with Crippen molar-refractivity contribution in [3.8, 4) is 0 Å². The summed E-state index contributed by atoms with van der Waals surface area (Å²) in [6.07, 6.45) is 3.47. The van der Waals surface area contributed by atoms with Gasteiger partial charge in [0.15, 0.2) is 6.54 Å². The molecule has 0 spiro atoms. The second kappa shape index (κ2) is 9.28. The molecule has 2 N–H and O–H groups in total. The van der Waals surface area contributed by atoms with Crippen molar-refractivity contribution >= 4 is 23.6 Å². The Kier molecular flexibility index (Phi) is 6.55. The largest absolute Gasteiger partial charge is 0.328 e. The topological polar surface area (TPSA) is 53.9 Å². The van der Waals surface area contributed by atoms with Gasteiger partial charge in [0.1, 0.15) is 5.82 Å². The van der Waals surface area contributed by atoms with Gasteiger partial charge in [0.25, 0.3) is 5.91 Å². The van der Waals surface area contributed by atoms with Crippen molar-refractivity contribution in [1.29, 1.82) is 0 Å². The van der Waals surface area contributed by atoms with E-state index in [1.54, 1.807) is 18.2 Å². The molecule has 5 nitrogen and oxygen atoms in total. The minimum Gasteiger partial charge on any atom is -0.328 e. The van der Waals surface area contributed by atoms with Gasteiger partial charge in [-0.3, -0.25) is 9.59 Å². The molecule has 6 heteroatoms. The summed E-state index contributed by atoms with van der Waals surface area (Å²) in [5, 5.41) is 2.78. The highest BCUT2D eigenvalue weighted by molar-refractivity contribution is 5.92. The van der Waals surface area contributed by atoms with Crippen LogP contribution in [0.5, 0.6) is 0 Å². The molecular formula is C22H25FN3O2+. The van der Waals surface area contributed by atoms with E-state index in [4.69, 9.17) is 0 Å². The number of piperazine rings is 1. The Balaban J connectivity index is 1.45. The molecule has 2 amide bonds. The molecule has 28 heavy (non-hydrogen) atoms. The molecule has 0 unspecified atom stereocenters. The molecule has 0 bridgehead atoms. The number of halogens is 1. The average molecular weight is 382 g/mol. The van der Waals surface area contributed by atoms with Crippen LogP contribution < -0.4 is 10.2 Å². The van der Waals surface area contributed by atoms with Crippen LogP contribution in [-0.4, -0.2) is 49.4 Å². The molecule has 0 saturated carbocycles. The molecule has 1 aliphatic rings. The predicted molar refractivity (Wildman–Crippen MR) is 107 cm³/mol. The van der Waals surface area contributed by atoms with E-state index in [-0.39, 0.29) is 17.6 Å². The van der Waals surface area contributed by atoms with Crippen molar-refractivity contribution in [3.63, 3.8) is 0 Å². The lowest BCUT2D eigenvalue weighted by molar-refractivity contribution is -0.895. The summed E-state index contributed by atoms with van der Waals surface area (Å²) < 4.78 is 12.9. The number of anilines is 1. The molecular weight excluding hydrogens is 357 g/mol. The third-order valence-electron chi connectivity index (χ3n) is 4.91. The predicted octanol–water partition coefficient (Wildman–Crippen LogP) is 1.51. The summed E-state index contributed by atoms with van der Waals surface area (Å²) in [6, 6.07) is 13.7. The Bertz CT molecular complexity index is 856. The summed E-state index contributed by atoms with van der Waals surface area (Å²) in [5.41, 5.74) is 2.76. The lowest BCUT2D eigenvalue weighted by atomic mass is 10.1. The summed E-state index contributed by atoms with van der Waals surface area (Å²) in [5.74, 6) is -0.445. The van der Waals surface area contributed by atoms with Gasteiger partial charge in [0, 0.05) is 11.8 Å². The Hall–Kier alpha value is -2.99. The Morgan fingerprint density at radius 1 is 1.11 bits per heavy atom. The number of quaternary nitrogens is 1. The number of aryl methyl sites for hydroxylation is 1. The lowest BCUT2D eigenvalue weighted by Gasteiger charge is -2.31. The maximum Gasteiger partial charge on any atom is 0.279 e. The second-order valence-electron chi connectivity index (χ2n) is 7.00. The number of hydrogen-bond acceptors (Lipinski definition) is 2. The van der Waals surface area contributed by atoms with Gasteiger partial charge in [-0.05, 0) is 48.4 Å². The van der Waals surface area contributed by atoms with Crippen LogP contribution >= 0.6 is 0 Å². The molecule has 0 aromatic heterocycles. The third kappa shape index (κ3) is 5.50. The fourth-order valence-corrected chi connectivity index (χ4v) is 3.23. The SMILES string of the molecule is Cc1ccccc1/C=C/C(=O)N1CC[NH+](CC(=O)Nc2ccc(F)cc2)CC1. The number of nitrogens with one attached hydrogen (secondary N) is 2. The van der Waals surface area contributed by atoms with Crippen molar-refractivity contribution in [3.05, 3.63) is 71.6 Å². The zero-order chi connectivity index (χ0) is 19.9. The van der Waals surface area contributed by atoms with Gasteiger partial charge in [-0.25, -0.2) is 4.39 Å². The molecule has 146 valence electrons. The first-order chi connectivity index (χ1) is 13.5. The van der Waals surface area contributed by atoms with Gasteiger partial charge in [-0.2, -0.15) is 0 Å². The molecule has 1 saturated heterocycles. The van der Waals surface area contributed by atoms with Crippen LogP contribution in [0.4, 0.5) is 10.1 Å². The fraction of sp³-hybridized carbons (Fsp3) is 0.273. The first kappa shape index (κ1) is 19.8. The van der Waals surface area contributed by atoms with Crippen molar-refractivity contribution < 1.29 is 18.9 Å². The van der Waals surface area contributed by atoms with Gasteiger partial charge in [0.2, 0.25) is 5.91 Å². The Morgan fingerprint density at radius 3 is 2.46 bits per heavy atom. The quantitative estimate of drug-likeness (QED) is 0.771. The molecule has 0 aliphatic carbocycles. The number of rotatable bonds is 5. The molecule has 2 aromatic carbocycles. The van der Waals surface area contributed by atoms with Crippen molar-refractivity contribution in [2.75, 3.05) is 38.0 Å². The van der Waals surface area contributed by atoms with Crippen LogP contribution in [0.3, 0.4) is 0 Å². The zero-order valence-corrected chi connectivity index (χ0v) is 16.0. The molecule has 2 aromatic rings. The number of benzene rings is 2. The molecule has 0 atom stereocenters. The standard InChI is InChI=1S/C22H24FN3O2/c1-17-4-2-3-5-18(17)6-11-22(28)26-14-12-25(13-15-26)16-21(27)24-20-9-7-19(23)8-10-20/h2-11H,12-16H2,1H3,(H,24,27)/p+1/b11-6+. The van der Waals surface area contributed by atoms with E-state index in [2.05, 4.69) is 5.32 Å². The Morgan fingerprint density at radius 2 is 1.79 bits per heavy atom. The van der Waals surface area contributed by atoms with E-state index in [9.17, 15) is 14.0 Å². The van der Waals surface area contributed by atoms with Crippen LogP contribution in [0.2, 0.25) is 0 Å². The summed E-state index contributed by atoms with van der Waals surface area (Å²) in [7, 11) is 0. The second-order valence-corrected chi connectivity index (χ2v) is 7.00. The first-order valence-corrected chi connectivity index (χ1v) is 9.43. The number of nitrogens with zero attached hydrogens (tertiary/aromatic N) is 1. The number of carbonyl (C=O) groups excluding carboxylic acids is 2. The molecule has 1 aliphatic heterocycles. The van der Waals surface area contributed by atoms with Crippen LogP contribution in [0.15, 0.2) is 54.6 Å². The van der Waals surface area contributed by atoms with E-state index in [0.29, 0.717) is 25.3 Å². The lowest BCUT2D eigenvalue weighted by Crippen LogP contribution is -3.15. The van der Waals surface area contributed by atoms with Gasteiger partial charge >= 0.3 is 0 Å². The van der Waals surface area contributed by atoms with E-state index in [0.717, 1.165) is 29.1 Å². The number of amides is 2. The van der Waals surface area contributed by atoms with E-state index < -0.39 is 0 Å². The monoisotopic (exact) mass is 382 g/mol. The van der Waals surface area contributed by atoms with Gasteiger partial charge in [-0.15, -0.1) is 0 Å². The highest BCUT2D eigenvalue weighted by Gasteiger charge is 2.24. The summed E-state index contributed by atoms with van der Waals surface area (Å²) in [6.45, 7) is 5.04. The van der Waals surface area contributed by atoms with E-state index in [1.165, 1.54) is 12.1 Å². The number of carbonyl (C=O) groups is 2.